The van der Waals surface area contributed by atoms with Crippen molar-refractivity contribution in [1.82, 2.24) is 9.97 Å². The van der Waals surface area contributed by atoms with Crippen molar-refractivity contribution in [3.8, 4) is 44.8 Å². The molecule has 0 aliphatic heterocycles. The van der Waals surface area contributed by atoms with Crippen molar-refractivity contribution in [3.05, 3.63) is 162 Å². The predicted octanol–water partition coefficient (Wildman–Crippen LogP) is 14.7. The second kappa shape index (κ2) is 17.9. The fraction of sp³-hybridized carbons (Fsp3) is 0.259. The summed E-state index contributed by atoms with van der Waals surface area (Å²) in [6, 6.07) is 45.9. The number of benzene rings is 5. The van der Waals surface area contributed by atoms with E-state index in [0.717, 1.165) is 61.1 Å². The van der Waals surface area contributed by atoms with Gasteiger partial charge in [0.05, 0.1) is 5.58 Å². The number of fused-ring (bicyclic) bond motifs is 3. The van der Waals surface area contributed by atoms with Crippen LogP contribution in [-0.4, -0.2) is 23.2 Å². The quantitative estimate of drug-likeness (QED) is 0.118. The molecule has 5 aromatic carbocycles. The summed E-state index contributed by atoms with van der Waals surface area (Å²) < 4.78 is 32.5. The standard InChI is InChI=1S/C27H34GeN.C27H22NO.Ir/c1-18(2)23-14-22(28(6,7)8)15-24(19(3)4)27(23)25-16-26(29-17-20(25)5)21-12-10-9-11-13-21;1-27(2,3)20-13-15-24(28-17-20)23-11-7-10-22-21-14-12-19(16-25(21)29-26(22)23)18-8-5-4-6-9-18;/h9-12,14-19H,1-8H3;4-10,12-17H,1-3H3;/q2*-1;/i5D3;;. The van der Waals surface area contributed by atoms with E-state index in [1.165, 1.54) is 26.6 Å². The molecular formula is C54H56GeIrN2O-2. The van der Waals surface area contributed by atoms with E-state index < -0.39 is 20.1 Å². The fourth-order valence-electron chi connectivity index (χ4n) is 7.43. The molecule has 8 aromatic rings. The third-order valence-corrected chi connectivity index (χ3v) is 15.1. The van der Waals surface area contributed by atoms with Crippen LogP contribution in [-0.2, 0) is 25.5 Å². The molecule has 0 fully saturated rings. The van der Waals surface area contributed by atoms with E-state index in [2.05, 4.69) is 156 Å². The Labute approximate surface area is 372 Å². The van der Waals surface area contributed by atoms with E-state index in [1.54, 1.807) is 6.20 Å². The number of aryl methyl sites for hydroxylation is 1. The van der Waals surface area contributed by atoms with Crippen molar-refractivity contribution in [1.29, 1.82) is 0 Å². The monoisotopic (exact) mass is 1020 g/mol. The molecule has 1 radical (unpaired) electrons. The first-order valence-corrected chi connectivity index (χ1v) is 27.7. The zero-order valence-electron chi connectivity index (χ0n) is 38.9. The minimum atomic E-state index is -2.25. The number of nitrogens with zero attached hydrogens (tertiary/aromatic N) is 2. The number of pyridine rings is 2. The number of hydrogen-bond acceptors (Lipinski definition) is 3. The van der Waals surface area contributed by atoms with Gasteiger partial charge in [0.15, 0.2) is 0 Å². The van der Waals surface area contributed by atoms with Crippen LogP contribution in [0.5, 0.6) is 0 Å². The molecule has 0 amide bonds. The summed E-state index contributed by atoms with van der Waals surface area (Å²) in [4.78, 5) is 9.24. The molecule has 3 heterocycles. The minimum Gasteiger partial charge on any atom is 0 e. The second-order valence-corrected chi connectivity index (χ2v) is 28.6. The zero-order valence-corrected chi connectivity index (χ0v) is 40.4. The summed E-state index contributed by atoms with van der Waals surface area (Å²) in [7, 11) is 0. The van der Waals surface area contributed by atoms with Gasteiger partial charge in [-0.25, -0.2) is 0 Å². The first kappa shape index (κ1) is 39.8. The first-order chi connectivity index (χ1) is 28.8. The van der Waals surface area contributed by atoms with Crippen LogP contribution in [0.2, 0.25) is 17.3 Å². The van der Waals surface area contributed by atoms with Gasteiger partial charge >= 0.3 is 184 Å². The van der Waals surface area contributed by atoms with Gasteiger partial charge < -0.3 is 9.40 Å². The van der Waals surface area contributed by atoms with Crippen LogP contribution < -0.4 is 4.40 Å². The maximum atomic E-state index is 8.23. The van der Waals surface area contributed by atoms with Gasteiger partial charge in [0.25, 0.3) is 0 Å². The van der Waals surface area contributed by atoms with Crippen LogP contribution in [0.25, 0.3) is 66.7 Å². The Morgan fingerprint density at radius 1 is 0.678 bits per heavy atom. The van der Waals surface area contributed by atoms with E-state index in [1.807, 2.05) is 48.7 Å². The Morgan fingerprint density at radius 2 is 1.37 bits per heavy atom. The third kappa shape index (κ3) is 9.57. The molecule has 3 nitrogen and oxygen atoms in total. The molecule has 0 spiro atoms. The molecule has 303 valence electrons. The summed E-state index contributed by atoms with van der Waals surface area (Å²) in [6.07, 6.45) is 3.50. The maximum absolute atomic E-state index is 8.23. The van der Waals surface area contributed by atoms with Crippen LogP contribution in [0, 0.1) is 19.0 Å². The van der Waals surface area contributed by atoms with Gasteiger partial charge in [-0.05, 0) is 33.9 Å². The van der Waals surface area contributed by atoms with Crippen LogP contribution in [0.1, 0.15) is 86.7 Å². The molecule has 0 saturated heterocycles. The van der Waals surface area contributed by atoms with E-state index in [9.17, 15) is 0 Å². The van der Waals surface area contributed by atoms with Crippen LogP contribution in [0.15, 0.2) is 132 Å². The SMILES string of the molecule is CC(C)(C)c1ccc(-c2[c-]ccc3c2oc2cc(-c4ccccc4)ccc23)nc1.[2H]C([2H])([2H])c1cnc(-c2[c-]cccc2)cc1-c1c(C(C)C)c[c]([Ge]([CH3])([CH3])[CH3])cc1C(C)C.[Ir]. The minimum absolute atomic E-state index is 0. The fourth-order valence-corrected chi connectivity index (χ4v) is 9.90. The molecule has 8 rings (SSSR count). The van der Waals surface area contributed by atoms with E-state index >= 15 is 0 Å². The molecule has 0 aliphatic rings. The van der Waals surface area contributed by atoms with Crippen LogP contribution >= 0.6 is 0 Å². The number of rotatable bonds is 7. The van der Waals surface area contributed by atoms with Gasteiger partial charge in [-0.2, -0.15) is 0 Å². The van der Waals surface area contributed by atoms with E-state index in [0.29, 0.717) is 5.56 Å². The molecule has 5 heteroatoms. The summed E-state index contributed by atoms with van der Waals surface area (Å²) in [5.41, 5.74) is 13.3. The Hall–Kier alpha value is -4.61. The molecule has 0 unspecified atom stereocenters. The molecule has 59 heavy (non-hydrogen) atoms. The smallest absolute Gasteiger partial charge is 0 e. The molecule has 0 saturated carbocycles. The normalized spacial score (nSPS) is 12.8. The van der Waals surface area contributed by atoms with E-state index in [-0.39, 0.29) is 37.4 Å². The topological polar surface area (TPSA) is 38.9 Å². The van der Waals surface area contributed by atoms with Crippen molar-refractivity contribution in [2.24, 2.45) is 0 Å². The van der Waals surface area contributed by atoms with E-state index in [4.69, 9.17) is 13.5 Å². The van der Waals surface area contributed by atoms with Gasteiger partial charge in [-0.3, -0.25) is 0 Å². The zero-order chi connectivity index (χ0) is 43.9. The van der Waals surface area contributed by atoms with Crippen molar-refractivity contribution < 1.29 is 28.6 Å². The Balaban J connectivity index is 0.000000204. The van der Waals surface area contributed by atoms with Crippen LogP contribution in [0.4, 0.5) is 0 Å². The number of aromatic nitrogens is 2. The Bertz CT molecular complexity index is 2770. The number of hydrogen-bond donors (Lipinski definition) is 0. The molecular weight excluding hydrogens is 957 g/mol. The molecule has 0 bridgehead atoms. The average Bonchev–Trinajstić information content (AvgIpc) is 3.61. The average molecular weight is 1020 g/mol. The van der Waals surface area contributed by atoms with Crippen molar-refractivity contribution >= 4 is 39.6 Å². The van der Waals surface area contributed by atoms with Gasteiger partial charge in [0.2, 0.25) is 0 Å². The molecule has 0 N–H and O–H groups in total. The van der Waals surface area contributed by atoms with Crippen molar-refractivity contribution in [2.45, 2.75) is 89.8 Å². The van der Waals surface area contributed by atoms with Crippen LogP contribution in [0.3, 0.4) is 0 Å². The summed E-state index contributed by atoms with van der Waals surface area (Å²) in [5.74, 6) is 7.78. The van der Waals surface area contributed by atoms with Crippen molar-refractivity contribution in [2.75, 3.05) is 0 Å². The Morgan fingerprint density at radius 3 is 1.97 bits per heavy atom. The molecule has 0 atom stereocenters. The molecule has 3 aromatic heterocycles. The first-order valence-electron chi connectivity index (χ1n) is 21.9. The molecule has 0 aliphatic carbocycles. The summed E-state index contributed by atoms with van der Waals surface area (Å²) in [6.45, 7) is 13.1. The van der Waals surface area contributed by atoms with Crippen molar-refractivity contribution in [3.63, 3.8) is 0 Å². The summed E-state index contributed by atoms with van der Waals surface area (Å²) in [5, 5.41) is 2.20. The van der Waals surface area contributed by atoms with Gasteiger partial charge in [-0.15, -0.1) is 18.2 Å². The van der Waals surface area contributed by atoms with Gasteiger partial charge in [0, 0.05) is 31.7 Å². The van der Waals surface area contributed by atoms with Gasteiger partial charge in [-0.1, -0.05) is 86.3 Å². The summed E-state index contributed by atoms with van der Waals surface area (Å²) >= 11 is -2.10. The number of furan rings is 1. The predicted molar refractivity (Wildman–Crippen MR) is 250 cm³/mol. The van der Waals surface area contributed by atoms with Gasteiger partial charge in [0.1, 0.15) is 5.58 Å². The Kier molecular flexibility index (Phi) is 12.1. The largest absolute Gasteiger partial charge is 0 e. The third-order valence-electron chi connectivity index (χ3n) is 10.9. The maximum Gasteiger partial charge on any atom is 0 e. The second-order valence-electron chi connectivity index (χ2n) is 17.9.